The van der Waals surface area contributed by atoms with Crippen molar-refractivity contribution in [1.82, 2.24) is 0 Å². The van der Waals surface area contributed by atoms with Crippen molar-refractivity contribution in [2.45, 2.75) is 31.1 Å². The Morgan fingerprint density at radius 3 is 2.94 bits per heavy atom. The number of esters is 1. The van der Waals surface area contributed by atoms with E-state index in [4.69, 9.17) is 4.74 Å². The van der Waals surface area contributed by atoms with E-state index in [1.54, 1.807) is 0 Å². The SMILES string of the molecule is CCc1cc2c(cc1C(=O)OC)SCC2C. The summed E-state index contributed by atoms with van der Waals surface area (Å²) in [5.41, 5.74) is 3.21. The molecule has 2 rings (SSSR count). The maximum atomic E-state index is 11.6. The van der Waals surface area contributed by atoms with Crippen molar-refractivity contribution in [2.24, 2.45) is 0 Å². The molecule has 0 saturated carbocycles. The van der Waals surface area contributed by atoms with Crippen molar-refractivity contribution in [3.8, 4) is 0 Å². The maximum absolute atomic E-state index is 11.6. The first-order valence-electron chi connectivity index (χ1n) is 5.55. The molecule has 0 fully saturated rings. The van der Waals surface area contributed by atoms with Crippen LogP contribution in [0.3, 0.4) is 0 Å². The highest BCUT2D eigenvalue weighted by atomic mass is 32.2. The van der Waals surface area contributed by atoms with E-state index in [0.29, 0.717) is 5.92 Å². The summed E-state index contributed by atoms with van der Waals surface area (Å²) in [6.07, 6.45) is 0.870. The molecule has 1 aromatic carbocycles. The average Bonchev–Trinajstić information content (AvgIpc) is 2.68. The molecule has 2 nitrogen and oxygen atoms in total. The lowest BCUT2D eigenvalue weighted by molar-refractivity contribution is 0.0599. The minimum absolute atomic E-state index is 0.222. The van der Waals surface area contributed by atoms with Crippen LogP contribution in [0, 0.1) is 0 Å². The molecule has 0 aromatic heterocycles. The predicted molar refractivity (Wildman–Crippen MR) is 66.3 cm³/mol. The number of thioether (sulfide) groups is 1. The Labute approximate surface area is 100 Å². The van der Waals surface area contributed by atoms with E-state index in [-0.39, 0.29) is 5.97 Å². The van der Waals surface area contributed by atoms with Gasteiger partial charge in [-0.1, -0.05) is 19.9 Å². The van der Waals surface area contributed by atoms with E-state index in [2.05, 4.69) is 19.9 Å². The lowest BCUT2D eigenvalue weighted by atomic mass is 9.96. The third kappa shape index (κ3) is 1.84. The normalized spacial score (nSPS) is 18.3. The number of hydrogen-bond acceptors (Lipinski definition) is 3. The second kappa shape index (κ2) is 4.50. The Bertz CT molecular complexity index is 426. The molecule has 0 saturated heterocycles. The van der Waals surface area contributed by atoms with Gasteiger partial charge < -0.3 is 4.74 Å². The minimum Gasteiger partial charge on any atom is -0.465 e. The third-order valence-electron chi connectivity index (χ3n) is 3.04. The van der Waals surface area contributed by atoms with Gasteiger partial charge in [-0.05, 0) is 29.5 Å². The fourth-order valence-corrected chi connectivity index (χ4v) is 3.29. The number of aryl methyl sites for hydroxylation is 1. The Morgan fingerprint density at radius 2 is 2.31 bits per heavy atom. The Morgan fingerprint density at radius 1 is 1.56 bits per heavy atom. The third-order valence-corrected chi connectivity index (χ3v) is 4.37. The molecule has 1 aliphatic rings. The number of benzene rings is 1. The molecule has 1 aromatic rings. The quantitative estimate of drug-likeness (QED) is 0.737. The van der Waals surface area contributed by atoms with Crippen molar-refractivity contribution in [1.29, 1.82) is 0 Å². The molecule has 0 N–H and O–H groups in total. The van der Waals surface area contributed by atoms with Crippen LogP contribution in [0.4, 0.5) is 0 Å². The van der Waals surface area contributed by atoms with Gasteiger partial charge in [0, 0.05) is 10.6 Å². The minimum atomic E-state index is -0.222. The molecule has 0 aliphatic carbocycles. The maximum Gasteiger partial charge on any atom is 0.338 e. The van der Waals surface area contributed by atoms with Crippen molar-refractivity contribution >= 4 is 17.7 Å². The van der Waals surface area contributed by atoms with Gasteiger partial charge in [0.15, 0.2) is 0 Å². The van der Waals surface area contributed by atoms with Crippen LogP contribution in [0.15, 0.2) is 17.0 Å². The number of carbonyl (C=O) groups excluding carboxylic acids is 1. The van der Waals surface area contributed by atoms with E-state index < -0.39 is 0 Å². The van der Waals surface area contributed by atoms with Gasteiger partial charge in [-0.15, -0.1) is 11.8 Å². The summed E-state index contributed by atoms with van der Waals surface area (Å²) < 4.78 is 4.82. The van der Waals surface area contributed by atoms with Crippen LogP contribution >= 0.6 is 11.8 Å². The topological polar surface area (TPSA) is 26.3 Å². The molecule has 1 unspecified atom stereocenters. The number of ether oxygens (including phenoxy) is 1. The summed E-state index contributed by atoms with van der Waals surface area (Å²) in [6.45, 7) is 4.30. The molecule has 3 heteroatoms. The molecule has 0 radical (unpaired) electrons. The molecule has 1 atom stereocenters. The second-order valence-corrected chi connectivity index (χ2v) is 5.17. The fourth-order valence-electron chi connectivity index (χ4n) is 2.05. The summed E-state index contributed by atoms with van der Waals surface area (Å²) in [5, 5.41) is 0. The van der Waals surface area contributed by atoms with Gasteiger partial charge in [-0.3, -0.25) is 0 Å². The largest absolute Gasteiger partial charge is 0.465 e. The van der Waals surface area contributed by atoms with Gasteiger partial charge >= 0.3 is 5.97 Å². The molecule has 1 heterocycles. The smallest absolute Gasteiger partial charge is 0.338 e. The molecular weight excluding hydrogens is 220 g/mol. The number of hydrogen-bond donors (Lipinski definition) is 0. The number of fused-ring (bicyclic) bond motifs is 1. The zero-order valence-corrected chi connectivity index (χ0v) is 10.7. The van der Waals surface area contributed by atoms with Crippen LogP contribution < -0.4 is 0 Å². The van der Waals surface area contributed by atoms with Crippen molar-refractivity contribution < 1.29 is 9.53 Å². The van der Waals surface area contributed by atoms with Crippen LogP contribution in [-0.4, -0.2) is 18.8 Å². The van der Waals surface area contributed by atoms with Gasteiger partial charge in [0.1, 0.15) is 0 Å². The van der Waals surface area contributed by atoms with Gasteiger partial charge in [-0.2, -0.15) is 0 Å². The summed E-state index contributed by atoms with van der Waals surface area (Å²) in [6, 6.07) is 4.17. The summed E-state index contributed by atoms with van der Waals surface area (Å²) >= 11 is 1.83. The zero-order valence-electron chi connectivity index (χ0n) is 9.87. The van der Waals surface area contributed by atoms with Gasteiger partial charge in [0.25, 0.3) is 0 Å². The van der Waals surface area contributed by atoms with E-state index >= 15 is 0 Å². The van der Waals surface area contributed by atoms with Gasteiger partial charge in [-0.25, -0.2) is 4.79 Å². The Hall–Kier alpha value is -0.960. The first kappa shape index (κ1) is 11.5. The summed E-state index contributed by atoms with van der Waals surface area (Å²) in [4.78, 5) is 12.9. The average molecular weight is 236 g/mol. The van der Waals surface area contributed by atoms with Crippen molar-refractivity contribution in [2.75, 3.05) is 12.9 Å². The van der Waals surface area contributed by atoms with Crippen LogP contribution in [-0.2, 0) is 11.2 Å². The number of carbonyl (C=O) groups is 1. The second-order valence-electron chi connectivity index (χ2n) is 4.10. The molecular formula is C13H16O2S. The number of methoxy groups -OCH3 is 1. The lowest BCUT2D eigenvalue weighted by Gasteiger charge is -2.10. The van der Waals surface area contributed by atoms with Crippen LogP contribution in [0.1, 0.15) is 41.3 Å². The summed E-state index contributed by atoms with van der Waals surface area (Å²) in [5.74, 6) is 1.49. The highest BCUT2D eigenvalue weighted by Crippen LogP contribution is 2.40. The van der Waals surface area contributed by atoms with Crippen LogP contribution in [0.2, 0.25) is 0 Å². The Kier molecular flexibility index (Phi) is 3.24. The highest BCUT2D eigenvalue weighted by molar-refractivity contribution is 7.99. The van der Waals surface area contributed by atoms with Crippen molar-refractivity contribution in [3.05, 3.63) is 28.8 Å². The number of rotatable bonds is 2. The molecule has 0 amide bonds. The fraction of sp³-hybridized carbons (Fsp3) is 0.462. The van der Waals surface area contributed by atoms with Crippen LogP contribution in [0.5, 0.6) is 0 Å². The van der Waals surface area contributed by atoms with Crippen LogP contribution in [0.25, 0.3) is 0 Å². The van der Waals surface area contributed by atoms with E-state index in [0.717, 1.165) is 23.3 Å². The highest BCUT2D eigenvalue weighted by Gasteiger charge is 2.23. The van der Waals surface area contributed by atoms with E-state index in [1.807, 2.05) is 17.8 Å². The monoisotopic (exact) mass is 236 g/mol. The zero-order chi connectivity index (χ0) is 11.7. The standard InChI is InChI=1S/C13H16O2S/c1-4-9-5-10-8(2)7-16-12(10)6-11(9)13(14)15-3/h5-6,8H,4,7H2,1-3H3. The van der Waals surface area contributed by atoms with Gasteiger partial charge in [0.05, 0.1) is 12.7 Å². The first-order chi connectivity index (χ1) is 7.67. The molecule has 16 heavy (non-hydrogen) atoms. The molecule has 0 spiro atoms. The molecule has 0 bridgehead atoms. The summed E-state index contributed by atoms with van der Waals surface area (Å²) in [7, 11) is 1.44. The first-order valence-corrected chi connectivity index (χ1v) is 6.53. The van der Waals surface area contributed by atoms with Crippen molar-refractivity contribution in [3.63, 3.8) is 0 Å². The lowest BCUT2D eigenvalue weighted by Crippen LogP contribution is -2.06. The van der Waals surface area contributed by atoms with E-state index in [9.17, 15) is 4.79 Å². The van der Waals surface area contributed by atoms with E-state index in [1.165, 1.54) is 17.6 Å². The predicted octanol–water partition coefficient (Wildman–Crippen LogP) is 3.24. The molecule has 1 aliphatic heterocycles. The Balaban J connectivity index is 2.51. The molecule has 86 valence electrons. The van der Waals surface area contributed by atoms with Gasteiger partial charge in [0.2, 0.25) is 0 Å².